The molecule has 23 heavy (non-hydrogen) atoms. The van der Waals surface area contributed by atoms with Crippen LogP contribution in [0.1, 0.15) is 26.2 Å². The highest BCUT2D eigenvalue weighted by molar-refractivity contribution is 5.72. The van der Waals surface area contributed by atoms with Gasteiger partial charge < -0.3 is 14.2 Å². The van der Waals surface area contributed by atoms with Gasteiger partial charge in [-0.2, -0.15) is 8.78 Å². The number of hydrogen-bond acceptors (Lipinski definition) is 4. The number of hydrogen-bond donors (Lipinski definition) is 0. The second-order valence-electron chi connectivity index (χ2n) is 4.60. The molecule has 0 spiro atoms. The number of ether oxygens (including phenoxy) is 3. The summed E-state index contributed by atoms with van der Waals surface area (Å²) in [6.07, 6.45) is 1.63. The van der Waals surface area contributed by atoms with Crippen molar-refractivity contribution in [3.63, 3.8) is 0 Å². The fraction of sp³-hybridized carbons (Fsp3) is 0.533. The molecule has 0 saturated heterocycles. The summed E-state index contributed by atoms with van der Waals surface area (Å²) in [5.41, 5.74) is 0. The summed E-state index contributed by atoms with van der Waals surface area (Å²) in [4.78, 5) is 11.4. The van der Waals surface area contributed by atoms with Gasteiger partial charge in [0.2, 0.25) is 17.4 Å². The molecule has 1 aromatic rings. The molecule has 0 aliphatic rings. The Labute approximate surface area is 131 Å². The third-order valence-electron chi connectivity index (χ3n) is 2.75. The first-order chi connectivity index (χ1) is 11.0. The Kier molecular flexibility index (Phi) is 8.57. The molecule has 0 radical (unpaired) electrons. The van der Waals surface area contributed by atoms with Crippen LogP contribution >= 0.6 is 0 Å². The quantitative estimate of drug-likeness (QED) is 0.216. The highest BCUT2D eigenvalue weighted by Gasteiger charge is 2.22. The molecule has 0 aliphatic carbocycles. The number of carbonyl (C=O) groups excluding carboxylic acids is 1. The van der Waals surface area contributed by atoms with E-state index in [0.29, 0.717) is 13.2 Å². The van der Waals surface area contributed by atoms with E-state index in [-0.39, 0.29) is 25.7 Å². The number of benzene rings is 1. The van der Waals surface area contributed by atoms with Crippen molar-refractivity contribution in [3.05, 3.63) is 29.3 Å². The van der Waals surface area contributed by atoms with Crippen LogP contribution in [0.4, 0.5) is 17.6 Å². The highest BCUT2D eigenvalue weighted by atomic mass is 19.2. The monoisotopic (exact) mass is 338 g/mol. The predicted molar refractivity (Wildman–Crippen MR) is 73.1 cm³/mol. The average molecular weight is 338 g/mol. The van der Waals surface area contributed by atoms with Gasteiger partial charge in [-0.05, 0) is 6.42 Å². The van der Waals surface area contributed by atoms with Crippen LogP contribution in [0.2, 0.25) is 0 Å². The van der Waals surface area contributed by atoms with Gasteiger partial charge in [-0.25, -0.2) is 8.78 Å². The van der Waals surface area contributed by atoms with Crippen LogP contribution in [-0.2, 0) is 14.3 Å². The van der Waals surface area contributed by atoms with Crippen molar-refractivity contribution in [2.24, 2.45) is 0 Å². The number of unbranched alkanes of at least 4 members (excludes halogenated alkanes) is 1. The zero-order chi connectivity index (χ0) is 17.2. The van der Waals surface area contributed by atoms with Crippen molar-refractivity contribution < 1.29 is 36.6 Å². The van der Waals surface area contributed by atoms with E-state index in [9.17, 15) is 22.4 Å². The Morgan fingerprint density at radius 2 is 1.52 bits per heavy atom. The standard InChI is InChI=1S/C15H18F4O4/c1-2-3-5-21-7-8-22-6-4-12(20)23-15-13(18)10(16)9-11(17)14(15)19/h9H,2-8H2,1H3. The maximum atomic E-state index is 13.3. The van der Waals surface area contributed by atoms with E-state index in [2.05, 4.69) is 4.74 Å². The van der Waals surface area contributed by atoms with Crippen molar-refractivity contribution in [2.45, 2.75) is 26.2 Å². The highest BCUT2D eigenvalue weighted by Crippen LogP contribution is 2.26. The lowest BCUT2D eigenvalue weighted by Gasteiger charge is -2.08. The van der Waals surface area contributed by atoms with Crippen molar-refractivity contribution in [2.75, 3.05) is 26.4 Å². The molecule has 0 atom stereocenters. The fourth-order valence-corrected chi connectivity index (χ4v) is 1.53. The molecule has 130 valence electrons. The fourth-order valence-electron chi connectivity index (χ4n) is 1.53. The van der Waals surface area contributed by atoms with Crippen LogP contribution in [0, 0.1) is 23.3 Å². The average Bonchev–Trinajstić information content (AvgIpc) is 2.52. The summed E-state index contributed by atoms with van der Waals surface area (Å²) in [6.45, 7) is 3.17. The van der Waals surface area contributed by atoms with E-state index in [0.717, 1.165) is 12.8 Å². The minimum atomic E-state index is -1.76. The van der Waals surface area contributed by atoms with Gasteiger partial charge in [0, 0.05) is 12.7 Å². The van der Waals surface area contributed by atoms with Crippen LogP contribution in [0.25, 0.3) is 0 Å². The Hall–Kier alpha value is -1.67. The summed E-state index contributed by atoms with van der Waals surface area (Å²) in [6, 6.07) is 0.0314. The van der Waals surface area contributed by atoms with Crippen LogP contribution in [0.5, 0.6) is 5.75 Å². The molecule has 0 aliphatic heterocycles. The molecule has 0 saturated carbocycles. The van der Waals surface area contributed by atoms with Crippen LogP contribution < -0.4 is 4.74 Å². The zero-order valence-corrected chi connectivity index (χ0v) is 12.7. The summed E-state index contributed by atoms with van der Waals surface area (Å²) < 4.78 is 67.0. The van der Waals surface area contributed by atoms with Gasteiger partial charge in [-0.1, -0.05) is 13.3 Å². The lowest BCUT2D eigenvalue weighted by molar-refractivity contribution is -0.136. The molecule has 0 unspecified atom stereocenters. The molecule has 4 nitrogen and oxygen atoms in total. The van der Waals surface area contributed by atoms with Gasteiger partial charge in [0.05, 0.1) is 26.2 Å². The van der Waals surface area contributed by atoms with Gasteiger partial charge in [0.15, 0.2) is 11.6 Å². The van der Waals surface area contributed by atoms with Crippen LogP contribution in [0.15, 0.2) is 6.07 Å². The molecular weight excluding hydrogens is 320 g/mol. The Bertz CT molecular complexity index is 496. The van der Waals surface area contributed by atoms with E-state index >= 15 is 0 Å². The lowest BCUT2D eigenvalue weighted by atomic mass is 10.3. The van der Waals surface area contributed by atoms with Gasteiger partial charge in [-0.15, -0.1) is 0 Å². The number of carbonyl (C=O) groups is 1. The molecule has 0 amide bonds. The van der Waals surface area contributed by atoms with Crippen LogP contribution in [0.3, 0.4) is 0 Å². The molecule has 0 N–H and O–H groups in total. The van der Waals surface area contributed by atoms with Crippen molar-refractivity contribution in [3.8, 4) is 5.75 Å². The van der Waals surface area contributed by atoms with Crippen LogP contribution in [-0.4, -0.2) is 32.4 Å². The van der Waals surface area contributed by atoms with Gasteiger partial charge >= 0.3 is 5.97 Å². The third kappa shape index (κ3) is 6.54. The number of rotatable bonds is 10. The molecule has 8 heteroatoms. The molecule has 0 bridgehead atoms. The second kappa shape index (κ2) is 10.2. The first kappa shape index (κ1) is 19.4. The Balaban J connectivity index is 2.32. The predicted octanol–water partition coefficient (Wildman–Crippen LogP) is 3.37. The topological polar surface area (TPSA) is 44.8 Å². The third-order valence-corrected chi connectivity index (χ3v) is 2.75. The van der Waals surface area contributed by atoms with Crippen molar-refractivity contribution >= 4 is 5.97 Å². The van der Waals surface area contributed by atoms with Crippen molar-refractivity contribution in [1.82, 2.24) is 0 Å². The van der Waals surface area contributed by atoms with Crippen molar-refractivity contribution in [1.29, 1.82) is 0 Å². The van der Waals surface area contributed by atoms with Gasteiger partial charge in [0.25, 0.3) is 0 Å². The number of halogens is 4. The molecule has 0 heterocycles. The van der Waals surface area contributed by atoms with E-state index in [1.807, 2.05) is 6.92 Å². The summed E-state index contributed by atoms with van der Waals surface area (Å²) in [7, 11) is 0. The van der Waals surface area contributed by atoms with E-state index < -0.39 is 35.0 Å². The Morgan fingerprint density at radius 3 is 2.09 bits per heavy atom. The molecule has 1 rings (SSSR count). The smallest absolute Gasteiger partial charge is 0.313 e. The minimum absolute atomic E-state index is 0.0314. The summed E-state index contributed by atoms with van der Waals surface area (Å²) >= 11 is 0. The zero-order valence-electron chi connectivity index (χ0n) is 12.7. The largest absolute Gasteiger partial charge is 0.420 e. The SMILES string of the molecule is CCCCOCCOCCC(=O)Oc1c(F)c(F)cc(F)c1F. The lowest BCUT2D eigenvalue weighted by Crippen LogP contribution is -2.15. The summed E-state index contributed by atoms with van der Waals surface area (Å²) in [5, 5.41) is 0. The van der Waals surface area contributed by atoms with Gasteiger partial charge in [-0.3, -0.25) is 4.79 Å². The minimum Gasteiger partial charge on any atom is -0.420 e. The normalized spacial score (nSPS) is 10.8. The molecule has 0 aromatic heterocycles. The summed E-state index contributed by atoms with van der Waals surface area (Å²) in [5.74, 6) is -9.28. The first-order valence-corrected chi connectivity index (χ1v) is 7.16. The Morgan fingerprint density at radius 1 is 0.957 bits per heavy atom. The molecular formula is C15H18F4O4. The maximum absolute atomic E-state index is 13.3. The van der Waals surface area contributed by atoms with E-state index in [1.165, 1.54) is 0 Å². The second-order valence-corrected chi connectivity index (χ2v) is 4.60. The maximum Gasteiger partial charge on any atom is 0.313 e. The molecule has 0 fully saturated rings. The number of esters is 1. The van der Waals surface area contributed by atoms with E-state index in [4.69, 9.17) is 9.47 Å². The first-order valence-electron chi connectivity index (χ1n) is 7.16. The van der Waals surface area contributed by atoms with E-state index in [1.54, 1.807) is 0 Å². The molecule has 1 aromatic carbocycles. The van der Waals surface area contributed by atoms with Gasteiger partial charge in [0.1, 0.15) is 0 Å².